The summed E-state index contributed by atoms with van der Waals surface area (Å²) in [5.74, 6) is 0.516. The Balaban J connectivity index is 2.72. The zero-order valence-corrected chi connectivity index (χ0v) is 8.87. The lowest BCUT2D eigenvalue weighted by Gasteiger charge is -2.07. The molecule has 0 atom stereocenters. The van der Waals surface area contributed by atoms with Crippen LogP contribution < -0.4 is 0 Å². The van der Waals surface area contributed by atoms with Crippen molar-refractivity contribution in [2.24, 2.45) is 0 Å². The Labute approximate surface area is 83.9 Å². The lowest BCUT2D eigenvalue weighted by atomic mass is 9.97. The summed E-state index contributed by atoms with van der Waals surface area (Å²) in [5.41, 5.74) is 3.51. The Kier molecular flexibility index (Phi) is 2.28. The number of hydrogen-bond acceptors (Lipinski definition) is 2. The Hall–Kier alpha value is -1.31. The minimum absolute atomic E-state index is 0.516. The molecule has 2 rings (SSSR count). The van der Waals surface area contributed by atoms with Gasteiger partial charge in [-0.2, -0.15) is 0 Å². The number of nitrogens with zero attached hydrogens (tertiary/aromatic N) is 1. The van der Waals surface area contributed by atoms with Crippen molar-refractivity contribution < 1.29 is 4.52 Å². The van der Waals surface area contributed by atoms with Crippen LogP contribution in [0.5, 0.6) is 0 Å². The molecule has 0 saturated carbocycles. The molecule has 2 aromatic rings. The molecular formula is C12H15NO. The second kappa shape index (κ2) is 3.45. The van der Waals surface area contributed by atoms with Crippen molar-refractivity contribution in [1.29, 1.82) is 0 Å². The van der Waals surface area contributed by atoms with Gasteiger partial charge in [0.2, 0.25) is 0 Å². The van der Waals surface area contributed by atoms with Gasteiger partial charge in [0.05, 0.1) is 6.20 Å². The SMILES string of the molecule is CCc1ccc(C(C)C)c2cnoc12. The van der Waals surface area contributed by atoms with Gasteiger partial charge in [-0.15, -0.1) is 0 Å². The minimum Gasteiger partial charge on any atom is -0.356 e. The average Bonchev–Trinajstić information content (AvgIpc) is 2.64. The van der Waals surface area contributed by atoms with Crippen molar-refractivity contribution in [1.82, 2.24) is 5.16 Å². The Morgan fingerprint density at radius 2 is 2.14 bits per heavy atom. The van der Waals surface area contributed by atoms with Crippen LogP contribution in [0.3, 0.4) is 0 Å². The quantitative estimate of drug-likeness (QED) is 0.722. The van der Waals surface area contributed by atoms with E-state index in [1.165, 1.54) is 16.5 Å². The first-order chi connectivity index (χ1) is 6.74. The first-order valence-corrected chi connectivity index (χ1v) is 5.10. The molecule has 0 amide bonds. The summed E-state index contributed by atoms with van der Waals surface area (Å²) >= 11 is 0. The summed E-state index contributed by atoms with van der Waals surface area (Å²) in [4.78, 5) is 0. The van der Waals surface area contributed by atoms with Crippen molar-refractivity contribution >= 4 is 11.0 Å². The van der Waals surface area contributed by atoms with Gasteiger partial charge in [-0.05, 0) is 23.5 Å². The molecule has 1 aromatic carbocycles. The van der Waals surface area contributed by atoms with E-state index in [2.05, 4.69) is 38.1 Å². The van der Waals surface area contributed by atoms with Crippen molar-refractivity contribution in [2.45, 2.75) is 33.1 Å². The maximum Gasteiger partial charge on any atom is 0.170 e. The summed E-state index contributed by atoms with van der Waals surface area (Å²) in [7, 11) is 0. The van der Waals surface area contributed by atoms with Crippen LogP contribution in [0.2, 0.25) is 0 Å². The first-order valence-electron chi connectivity index (χ1n) is 5.10. The molecular weight excluding hydrogens is 174 g/mol. The second-order valence-electron chi connectivity index (χ2n) is 3.89. The minimum atomic E-state index is 0.516. The highest BCUT2D eigenvalue weighted by molar-refractivity contribution is 5.83. The summed E-state index contributed by atoms with van der Waals surface area (Å²) in [5, 5.41) is 5.04. The van der Waals surface area contributed by atoms with E-state index in [1.807, 2.05) is 6.20 Å². The molecule has 0 spiro atoms. The van der Waals surface area contributed by atoms with E-state index in [-0.39, 0.29) is 0 Å². The largest absolute Gasteiger partial charge is 0.356 e. The fraction of sp³-hybridized carbons (Fsp3) is 0.417. The molecule has 0 aliphatic carbocycles. The lowest BCUT2D eigenvalue weighted by molar-refractivity contribution is 0.454. The Morgan fingerprint density at radius 1 is 1.36 bits per heavy atom. The van der Waals surface area contributed by atoms with Crippen LogP contribution in [0.25, 0.3) is 11.0 Å². The number of fused-ring (bicyclic) bond motifs is 1. The smallest absolute Gasteiger partial charge is 0.170 e. The van der Waals surface area contributed by atoms with Crippen molar-refractivity contribution in [3.8, 4) is 0 Å². The van der Waals surface area contributed by atoms with Crippen LogP contribution in [0, 0.1) is 0 Å². The molecule has 2 heteroatoms. The fourth-order valence-electron chi connectivity index (χ4n) is 1.81. The van der Waals surface area contributed by atoms with Crippen LogP contribution in [0.15, 0.2) is 22.9 Å². The molecule has 2 nitrogen and oxygen atoms in total. The van der Waals surface area contributed by atoms with Gasteiger partial charge in [-0.25, -0.2) is 0 Å². The third kappa shape index (κ3) is 1.31. The highest BCUT2D eigenvalue weighted by Gasteiger charge is 2.10. The summed E-state index contributed by atoms with van der Waals surface area (Å²) in [6, 6.07) is 4.33. The fourth-order valence-corrected chi connectivity index (χ4v) is 1.81. The topological polar surface area (TPSA) is 26.0 Å². The third-order valence-corrected chi connectivity index (χ3v) is 2.64. The van der Waals surface area contributed by atoms with Crippen LogP contribution in [0.4, 0.5) is 0 Å². The van der Waals surface area contributed by atoms with E-state index in [4.69, 9.17) is 4.52 Å². The Bertz CT molecular complexity index is 443. The molecule has 74 valence electrons. The standard InChI is InChI=1S/C12H15NO/c1-4-9-5-6-10(8(2)3)11-7-13-14-12(9)11/h5-8H,4H2,1-3H3. The van der Waals surface area contributed by atoms with Gasteiger partial charge < -0.3 is 4.52 Å². The van der Waals surface area contributed by atoms with Crippen LogP contribution in [0.1, 0.15) is 37.8 Å². The van der Waals surface area contributed by atoms with Crippen LogP contribution in [-0.4, -0.2) is 5.16 Å². The summed E-state index contributed by atoms with van der Waals surface area (Å²) in [6.45, 7) is 6.51. The van der Waals surface area contributed by atoms with E-state index in [1.54, 1.807) is 0 Å². The average molecular weight is 189 g/mol. The highest BCUT2D eigenvalue weighted by atomic mass is 16.5. The zero-order valence-electron chi connectivity index (χ0n) is 8.87. The molecule has 14 heavy (non-hydrogen) atoms. The lowest BCUT2D eigenvalue weighted by Crippen LogP contribution is -1.90. The number of hydrogen-bond donors (Lipinski definition) is 0. The van der Waals surface area contributed by atoms with Crippen molar-refractivity contribution in [3.63, 3.8) is 0 Å². The van der Waals surface area contributed by atoms with E-state index in [0.717, 1.165) is 12.0 Å². The van der Waals surface area contributed by atoms with Gasteiger partial charge in [0.1, 0.15) is 0 Å². The molecule has 0 unspecified atom stereocenters. The van der Waals surface area contributed by atoms with E-state index < -0.39 is 0 Å². The molecule has 0 radical (unpaired) electrons. The number of aryl methyl sites for hydroxylation is 1. The molecule has 1 heterocycles. The normalized spacial score (nSPS) is 11.4. The van der Waals surface area contributed by atoms with Crippen LogP contribution in [-0.2, 0) is 6.42 Å². The molecule has 0 N–H and O–H groups in total. The van der Waals surface area contributed by atoms with Gasteiger partial charge in [-0.3, -0.25) is 0 Å². The monoisotopic (exact) mass is 189 g/mol. The van der Waals surface area contributed by atoms with E-state index in [0.29, 0.717) is 5.92 Å². The molecule has 0 fully saturated rings. The van der Waals surface area contributed by atoms with Gasteiger partial charge in [0.25, 0.3) is 0 Å². The molecule has 0 bridgehead atoms. The number of rotatable bonds is 2. The number of benzene rings is 1. The van der Waals surface area contributed by atoms with Gasteiger partial charge in [-0.1, -0.05) is 38.1 Å². The van der Waals surface area contributed by atoms with Crippen LogP contribution >= 0.6 is 0 Å². The maximum absolute atomic E-state index is 5.28. The van der Waals surface area contributed by atoms with Crippen molar-refractivity contribution in [2.75, 3.05) is 0 Å². The molecule has 1 aromatic heterocycles. The number of aromatic nitrogens is 1. The first kappa shape index (κ1) is 9.25. The van der Waals surface area contributed by atoms with Gasteiger partial charge in [0.15, 0.2) is 5.58 Å². The zero-order chi connectivity index (χ0) is 10.1. The van der Waals surface area contributed by atoms with E-state index >= 15 is 0 Å². The predicted octanol–water partition coefficient (Wildman–Crippen LogP) is 3.51. The molecule has 0 aliphatic heterocycles. The molecule has 0 aliphatic rings. The van der Waals surface area contributed by atoms with Gasteiger partial charge >= 0.3 is 0 Å². The third-order valence-electron chi connectivity index (χ3n) is 2.64. The summed E-state index contributed by atoms with van der Waals surface area (Å²) < 4.78 is 5.28. The predicted molar refractivity (Wildman–Crippen MR) is 57.5 cm³/mol. The van der Waals surface area contributed by atoms with E-state index in [9.17, 15) is 0 Å². The van der Waals surface area contributed by atoms with Gasteiger partial charge in [0, 0.05) is 5.39 Å². The van der Waals surface area contributed by atoms with Crippen molar-refractivity contribution in [3.05, 3.63) is 29.5 Å². The maximum atomic E-state index is 5.28. The highest BCUT2D eigenvalue weighted by Crippen LogP contribution is 2.27. The second-order valence-corrected chi connectivity index (χ2v) is 3.89. The Morgan fingerprint density at radius 3 is 2.79 bits per heavy atom. The summed E-state index contributed by atoms with van der Waals surface area (Å²) in [6.07, 6.45) is 2.81. The molecule has 0 saturated heterocycles.